The Bertz CT molecular complexity index is 888. The van der Waals surface area contributed by atoms with Crippen LogP contribution in [0.5, 0.6) is 0 Å². The maximum Gasteiger partial charge on any atom is 0.228 e. The standard InChI is InChI=1S/C20H22ClN3O/c1-3-6-14(2)24-13-15(16-7-4-5-8-19(16)24)11-20(25)23-18-9-10-22-12-17(18)21/h4-5,7-10,12-14H,3,6,11H2,1-2H3,(H,22,23,25). The average Bonchev–Trinajstić information content (AvgIpc) is 2.96. The van der Waals surface area contributed by atoms with Gasteiger partial charge in [0.1, 0.15) is 0 Å². The number of benzene rings is 1. The van der Waals surface area contributed by atoms with Gasteiger partial charge in [-0.3, -0.25) is 9.78 Å². The van der Waals surface area contributed by atoms with Crippen LogP contribution in [-0.4, -0.2) is 15.5 Å². The van der Waals surface area contributed by atoms with Crippen molar-refractivity contribution in [2.24, 2.45) is 0 Å². The van der Waals surface area contributed by atoms with E-state index in [2.05, 4.69) is 47.0 Å². The predicted octanol–water partition coefficient (Wildman–Crippen LogP) is 5.23. The minimum Gasteiger partial charge on any atom is -0.344 e. The highest BCUT2D eigenvalue weighted by Gasteiger charge is 2.15. The first-order chi connectivity index (χ1) is 12.1. The molecule has 3 rings (SSSR count). The van der Waals surface area contributed by atoms with E-state index >= 15 is 0 Å². The van der Waals surface area contributed by atoms with Crippen LogP contribution in [0.15, 0.2) is 48.9 Å². The van der Waals surface area contributed by atoms with Crippen molar-refractivity contribution in [1.82, 2.24) is 9.55 Å². The van der Waals surface area contributed by atoms with Gasteiger partial charge in [0.2, 0.25) is 5.91 Å². The van der Waals surface area contributed by atoms with Gasteiger partial charge in [0, 0.05) is 35.5 Å². The van der Waals surface area contributed by atoms with Crippen molar-refractivity contribution in [3.63, 3.8) is 0 Å². The third-order valence-corrected chi connectivity index (χ3v) is 4.70. The summed E-state index contributed by atoms with van der Waals surface area (Å²) in [5.74, 6) is -0.0841. The molecule has 1 atom stereocenters. The van der Waals surface area contributed by atoms with Gasteiger partial charge in [0.25, 0.3) is 0 Å². The Morgan fingerprint density at radius 3 is 2.88 bits per heavy atom. The summed E-state index contributed by atoms with van der Waals surface area (Å²) in [6, 6.07) is 10.3. The Balaban J connectivity index is 1.86. The zero-order valence-electron chi connectivity index (χ0n) is 14.5. The van der Waals surface area contributed by atoms with E-state index in [4.69, 9.17) is 11.6 Å². The van der Waals surface area contributed by atoms with Gasteiger partial charge in [-0.2, -0.15) is 0 Å². The average molecular weight is 356 g/mol. The van der Waals surface area contributed by atoms with E-state index < -0.39 is 0 Å². The number of hydrogen-bond acceptors (Lipinski definition) is 2. The van der Waals surface area contributed by atoms with Gasteiger partial charge in [-0.05, 0) is 31.0 Å². The first kappa shape index (κ1) is 17.5. The van der Waals surface area contributed by atoms with E-state index in [0.29, 0.717) is 23.2 Å². The van der Waals surface area contributed by atoms with Crippen molar-refractivity contribution in [3.8, 4) is 0 Å². The van der Waals surface area contributed by atoms with Crippen molar-refractivity contribution < 1.29 is 4.79 Å². The molecule has 2 heterocycles. The number of hydrogen-bond donors (Lipinski definition) is 1. The molecule has 1 unspecified atom stereocenters. The molecule has 0 saturated heterocycles. The summed E-state index contributed by atoms with van der Waals surface area (Å²) < 4.78 is 2.28. The Kier molecular flexibility index (Phi) is 5.39. The van der Waals surface area contributed by atoms with Crippen molar-refractivity contribution in [1.29, 1.82) is 0 Å². The normalized spacial score (nSPS) is 12.3. The van der Waals surface area contributed by atoms with Crippen molar-refractivity contribution >= 4 is 34.1 Å². The number of pyridine rings is 1. The second-order valence-electron chi connectivity index (χ2n) is 6.30. The van der Waals surface area contributed by atoms with Crippen LogP contribution in [0.25, 0.3) is 10.9 Å². The number of aromatic nitrogens is 2. The molecule has 3 aromatic rings. The molecule has 5 heteroatoms. The Morgan fingerprint density at radius 1 is 1.32 bits per heavy atom. The topological polar surface area (TPSA) is 46.9 Å². The molecule has 0 spiro atoms. The Hall–Kier alpha value is -2.33. The lowest BCUT2D eigenvalue weighted by atomic mass is 10.1. The zero-order valence-corrected chi connectivity index (χ0v) is 15.3. The first-order valence-electron chi connectivity index (χ1n) is 8.58. The van der Waals surface area contributed by atoms with Crippen molar-refractivity contribution in [3.05, 3.63) is 59.5 Å². The van der Waals surface area contributed by atoms with Gasteiger partial charge in [0.15, 0.2) is 0 Å². The molecule has 130 valence electrons. The van der Waals surface area contributed by atoms with E-state index in [9.17, 15) is 4.79 Å². The number of anilines is 1. The van der Waals surface area contributed by atoms with Gasteiger partial charge in [-0.25, -0.2) is 0 Å². The van der Waals surface area contributed by atoms with Crippen molar-refractivity contribution in [2.75, 3.05) is 5.32 Å². The van der Waals surface area contributed by atoms with Crippen LogP contribution in [0.3, 0.4) is 0 Å². The number of halogens is 1. The van der Waals surface area contributed by atoms with Crippen LogP contribution in [0.1, 0.15) is 38.3 Å². The summed E-state index contributed by atoms with van der Waals surface area (Å²) in [4.78, 5) is 16.4. The molecule has 0 fully saturated rings. The quantitative estimate of drug-likeness (QED) is 0.657. The van der Waals surface area contributed by atoms with Gasteiger partial charge in [-0.15, -0.1) is 0 Å². The SMILES string of the molecule is CCCC(C)n1cc(CC(=O)Nc2ccncc2Cl)c2ccccc21. The number of carbonyl (C=O) groups is 1. The lowest BCUT2D eigenvalue weighted by Gasteiger charge is -2.14. The van der Waals surface area contributed by atoms with E-state index in [1.54, 1.807) is 12.3 Å². The van der Waals surface area contributed by atoms with Crippen LogP contribution < -0.4 is 5.32 Å². The fourth-order valence-electron chi connectivity index (χ4n) is 3.18. The number of nitrogens with zero attached hydrogens (tertiary/aromatic N) is 2. The molecule has 0 radical (unpaired) electrons. The number of nitrogens with one attached hydrogen (secondary N) is 1. The number of rotatable bonds is 6. The molecule has 2 aromatic heterocycles. The van der Waals surface area contributed by atoms with Crippen molar-refractivity contribution in [2.45, 2.75) is 39.2 Å². The second kappa shape index (κ2) is 7.70. The third kappa shape index (κ3) is 3.85. The number of amides is 1. The zero-order chi connectivity index (χ0) is 17.8. The van der Waals surface area contributed by atoms with Crippen LogP contribution in [0.2, 0.25) is 5.02 Å². The molecule has 0 bridgehead atoms. The monoisotopic (exact) mass is 355 g/mol. The molecular weight excluding hydrogens is 334 g/mol. The van der Waals surface area contributed by atoms with Crippen LogP contribution >= 0.6 is 11.6 Å². The molecule has 0 aliphatic heterocycles. The fourth-order valence-corrected chi connectivity index (χ4v) is 3.35. The highest BCUT2D eigenvalue weighted by molar-refractivity contribution is 6.33. The smallest absolute Gasteiger partial charge is 0.228 e. The van der Waals surface area contributed by atoms with Gasteiger partial charge < -0.3 is 9.88 Å². The largest absolute Gasteiger partial charge is 0.344 e. The minimum atomic E-state index is -0.0841. The van der Waals surface area contributed by atoms with E-state index in [0.717, 1.165) is 23.8 Å². The van der Waals surface area contributed by atoms with Crippen LogP contribution in [0.4, 0.5) is 5.69 Å². The summed E-state index contributed by atoms with van der Waals surface area (Å²) in [5.41, 5.74) is 2.79. The minimum absolute atomic E-state index is 0.0841. The molecule has 4 nitrogen and oxygen atoms in total. The Labute approximate surface area is 152 Å². The molecule has 0 saturated carbocycles. The van der Waals surface area contributed by atoms with Crippen LogP contribution in [-0.2, 0) is 11.2 Å². The highest BCUT2D eigenvalue weighted by atomic mass is 35.5. The number of carbonyl (C=O) groups excluding carboxylic acids is 1. The highest BCUT2D eigenvalue weighted by Crippen LogP contribution is 2.27. The van der Waals surface area contributed by atoms with E-state index in [1.807, 2.05) is 12.1 Å². The summed E-state index contributed by atoms with van der Waals surface area (Å²) in [5, 5.41) is 4.43. The molecule has 25 heavy (non-hydrogen) atoms. The summed E-state index contributed by atoms with van der Waals surface area (Å²) in [6.07, 6.45) is 7.79. The maximum absolute atomic E-state index is 12.5. The summed E-state index contributed by atoms with van der Waals surface area (Å²) >= 11 is 6.07. The maximum atomic E-state index is 12.5. The molecule has 1 N–H and O–H groups in total. The fraction of sp³-hybridized carbons (Fsp3) is 0.300. The lowest BCUT2D eigenvalue weighted by molar-refractivity contribution is -0.115. The Morgan fingerprint density at radius 2 is 2.12 bits per heavy atom. The van der Waals surface area contributed by atoms with E-state index in [-0.39, 0.29) is 5.91 Å². The van der Waals surface area contributed by atoms with Gasteiger partial charge in [-0.1, -0.05) is 43.1 Å². The van der Waals surface area contributed by atoms with E-state index in [1.165, 1.54) is 11.7 Å². The van der Waals surface area contributed by atoms with Gasteiger partial charge >= 0.3 is 0 Å². The predicted molar refractivity (Wildman–Crippen MR) is 103 cm³/mol. The number of para-hydroxylation sites is 1. The lowest BCUT2D eigenvalue weighted by Crippen LogP contribution is -2.14. The molecule has 1 amide bonds. The summed E-state index contributed by atoms with van der Waals surface area (Å²) in [6.45, 7) is 4.41. The molecule has 1 aromatic carbocycles. The van der Waals surface area contributed by atoms with Crippen LogP contribution in [0, 0.1) is 0 Å². The van der Waals surface area contributed by atoms with Gasteiger partial charge in [0.05, 0.1) is 17.1 Å². The second-order valence-corrected chi connectivity index (χ2v) is 6.70. The molecular formula is C20H22ClN3O. The number of fused-ring (bicyclic) bond motifs is 1. The first-order valence-corrected chi connectivity index (χ1v) is 8.95. The molecule has 0 aliphatic carbocycles. The third-order valence-electron chi connectivity index (χ3n) is 4.40. The molecule has 0 aliphatic rings. The summed E-state index contributed by atoms with van der Waals surface area (Å²) in [7, 11) is 0.